The number of ether oxygens (including phenoxy) is 1. The largest absolute Gasteiger partial charge is 0.383 e. The summed E-state index contributed by atoms with van der Waals surface area (Å²) < 4.78 is 7.03. The molecule has 7 heteroatoms. The summed E-state index contributed by atoms with van der Waals surface area (Å²) in [6.45, 7) is 5.29. The molecular formula is C18H28N6O. The molecule has 2 aliphatic rings. The van der Waals surface area contributed by atoms with Crippen LogP contribution in [0.1, 0.15) is 37.3 Å². The van der Waals surface area contributed by atoms with Crippen LogP contribution in [0, 0.1) is 5.92 Å². The molecule has 7 nitrogen and oxygen atoms in total. The second-order valence-electron chi connectivity index (χ2n) is 7.49. The Morgan fingerprint density at radius 1 is 1.24 bits per heavy atom. The number of hydrogen-bond acceptors (Lipinski definition) is 6. The van der Waals surface area contributed by atoms with Crippen LogP contribution in [0.2, 0.25) is 0 Å². The molecule has 2 aromatic rings. The average Bonchev–Trinajstić information content (AvgIpc) is 3.38. The van der Waals surface area contributed by atoms with Gasteiger partial charge in [0.15, 0.2) is 0 Å². The predicted molar refractivity (Wildman–Crippen MR) is 97.1 cm³/mol. The van der Waals surface area contributed by atoms with Crippen molar-refractivity contribution in [1.29, 1.82) is 0 Å². The van der Waals surface area contributed by atoms with Gasteiger partial charge in [0.25, 0.3) is 0 Å². The quantitative estimate of drug-likeness (QED) is 0.763. The SMILES string of the molecule is COCCN1CCC(CN(C)c2cc(C3CC3)nn3cnnc23)CC1. The minimum atomic E-state index is 0.628. The van der Waals surface area contributed by atoms with Crippen LogP contribution in [-0.4, -0.2) is 71.7 Å². The van der Waals surface area contributed by atoms with Crippen LogP contribution >= 0.6 is 0 Å². The van der Waals surface area contributed by atoms with Crippen molar-refractivity contribution in [3.8, 4) is 0 Å². The summed E-state index contributed by atoms with van der Waals surface area (Å²) in [6, 6.07) is 2.23. The number of piperidine rings is 1. The van der Waals surface area contributed by atoms with Gasteiger partial charge in [-0.05, 0) is 50.8 Å². The Labute approximate surface area is 149 Å². The first-order valence-corrected chi connectivity index (χ1v) is 9.38. The van der Waals surface area contributed by atoms with Crippen molar-refractivity contribution >= 4 is 11.3 Å². The molecular weight excluding hydrogens is 316 g/mol. The van der Waals surface area contributed by atoms with Gasteiger partial charge in [-0.15, -0.1) is 10.2 Å². The number of hydrogen-bond donors (Lipinski definition) is 0. The molecule has 1 saturated heterocycles. The van der Waals surface area contributed by atoms with E-state index in [-0.39, 0.29) is 0 Å². The van der Waals surface area contributed by atoms with Gasteiger partial charge in [-0.25, -0.2) is 0 Å². The molecule has 0 bridgehead atoms. The van der Waals surface area contributed by atoms with Crippen LogP contribution in [0.5, 0.6) is 0 Å². The first-order valence-electron chi connectivity index (χ1n) is 9.38. The van der Waals surface area contributed by atoms with Crippen molar-refractivity contribution in [3.05, 3.63) is 18.1 Å². The van der Waals surface area contributed by atoms with Gasteiger partial charge in [0, 0.05) is 33.2 Å². The second-order valence-corrected chi connectivity index (χ2v) is 7.49. The van der Waals surface area contributed by atoms with Gasteiger partial charge in [0.05, 0.1) is 18.0 Å². The summed E-state index contributed by atoms with van der Waals surface area (Å²) in [6.07, 6.45) is 6.72. The third kappa shape index (κ3) is 3.77. The Morgan fingerprint density at radius 2 is 2.04 bits per heavy atom. The van der Waals surface area contributed by atoms with Crippen molar-refractivity contribution in [3.63, 3.8) is 0 Å². The number of methoxy groups -OCH3 is 1. The summed E-state index contributed by atoms with van der Waals surface area (Å²) in [4.78, 5) is 4.86. The van der Waals surface area contributed by atoms with E-state index in [0.29, 0.717) is 5.92 Å². The van der Waals surface area contributed by atoms with E-state index in [1.165, 1.54) is 44.5 Å². The Hall–Kier alpha value is -1.73. The molecule has 1 aliphatic carbocycles. The van der Waals surface area contributed by atoms with Crippen LogP contribution in [0.15, 0.2) is 12.4 Å². The maximum Gasteiger partial charge on any atom is 0.200 e. The fraction of sp³-hybridized carbons (Fsp3) is 0.722. The molecule has 3 heterocycles. The second kappa shape index (κ2) is 7.25. The van der Waals surface area contributed by atoms with E-state index in [1.54, 1.807) is 13.4 Å². The molecule has 0 aromatic carbocycles. The van der Waals surface area contributed by atoms with Crippen LogP contribution < -0.4 is 4.90 Å². The van der Waals surface area contributed by atoms with E-state index in [0.717, 1.165) is 36.9 Å². The number of nitrogens with zero attached hydrogens (tertiary/aromatic N) is 6. The van der Waals surface area contributed by atoms with Crippen molar-refractivity contribution < 1.29 is 4.74 Å². The van der Waals surface area contributed by atoms with Crippen LogP contribution in [0.25, 0.3) is 5.65 Å². The number of rotatable bonds is 7. The van der Waals surface area contributed by atoms with Crippen molar-refractivity contribution in [2.45, 2.75) is 31.6 Å². The van der Waals surface area contributed by atoms with E-state index in [1.807, 2.05) is 4.52 Å². The lowest BCUT2D eigenvalue weighted by atomic mass is 9.96. The molecule has 2 fully saturated rings. The molecule has 0 radical (unpaired) electrons. The Bertz CT molecular complexity index is 705. The summed E-state index contributed by atoms with van der Waals surface area (Å²) >= 11 is 0. The molecule has 0 N–H and O–H groups in total. The average molecular weight is 344 g/mol. The molecule has 25 heavy (non-hydrogen) atoms. The summed E-state index contributed by atoms with van der Waals surface area (Å²) in [7, 11) is 3.95. The number of anilines is 1. The third-order valence-electron chi connectivity index (χ3n) is 5.53. The molecule has 0 spiro atoms. The number of fused-ring (bicyclic) bond motifs is 1. The lowest BCUT2D eigenvalue weighted by molar-refractivity contribution is 0.121. The molecule has 0 unspecified atom stereocenters. The minimum absolute atomic E-state index is 0.628. The first kappa shape index (κ1) is 16.7. The molecule has 136 valence electrons. The van der Waals surface area contributed by atoms with Gasteiger partial charge >= 0.3 is 0 Å². The molecule has 1 aliphatic heterocycles. The normalized spacial score (nSPS) is 19.6. The highest BCUT2D eigenvalue weighted by molar-refractivity contribution is 5.68. The van der Waals surface area contributed by atoms with Crippen molar-refractivity contribution in [1.82, 2.24) is 24.7 Å². The maximum atomic E-state index is 5.19. The Morgan fingerprint density at radius 3 is 2.76 bits per heavy atom. The Kier molecular flexibility index (Phi) is 4.85. The summed E-state index contributed by atoms with van der Waals surface area (Å²) in [5.74, 6) is 1.35. The topological polar surface area (TPSA) is 58.8 Å². The summed E-state index contributed by atoms with van der Waals surface area (Å²) in [5, 5.41) is 13.0. The molecule has 1 saturated carbocycles. The zero-order chi connectivity index (χ0) is 17.2. The van der Waals surface area contributed by atoms with E-state index < -0.39 is 0 Å². The lowest BCUT2D eigenvalue weighted by Crippen LogP contribution is -2.39. The van der Waals surface area contributed by atoms with Crippen molar-refractivity contribution in [2.75, 3.05) is 51.8 Å². The monoisotopic (exact) mass is 344 g/mol. The van der Waals surface area contributed by atoms with E-state index in [9.17, 15) is 0 Å². The number of likely N-dealkylation sites (tertiary alicyclic amines) is 1. The van der Waals surface area contributed by atoms with E-state index in [4.69, 9.17) is 4.74 Å². The molecule has 2 aromatic heterocycles. The third-order valence-corrected chi connectivity index (χ3v) is 5.53. The van der Waals surface area contributed by atoms with Crippen molar-refractivity contribution in [2.24, 2.45) is 5.92 Å². The molecule has 0 atom stereocenters. The Balaban J connectivity index is 1.42. The number of aromatic nitrogens is 4. The lowest BCUT2D eigenvalue weighted by Gasteiger charge is -2.34. The minimum Gasteiger partial charge on any atom is -0.383 e. The van der Waals surface area contributed by atoms with Crippen LogP contribution in [-0.2, 0) is 4.74 Å². The zero-order valence-corrected chi connectivity index (χ0v) is 15.3. The summed E-state index contributed by atoms with van der Waals surface area (Å²) in [5.41, 5.74) is 3.21. The van der Waals surface area contributed by atoms with Gasteiger partial charge in [0.1, 0.15) is 6.33 Å². The van der Waals surface area contributed by atoms with Gasteiger partial charge in [0.2, 0.25) is 5.65 Å². The highest BCUT2D eigenvalue weighted by Crippen LogP contribution is 2.40. The fourth-order valence-corrected chi connectivity index (χ4v) is 3.79. The van der Waals surface area contributed by atoms with Gasteiger partial charge in [-0.2, -0.15) is 9.61 Å². The van der Waals surface area contributed by atoms with Crippen LogP contribution in [0.3, 0.4) is 0 Å². The highest BCUT2D eigenvalue weighted by Gasteiger charge is 2.28. The van der Waals surface area contributed by atoms with E-state index >= 15 is 0 Å². The first-order chi connectivity index (χ1) is 12.2. The fourth-order valence-electron chi connectivity index (χ4n) is 3.79. The van der Waals surface area contributed by atoms with Gasteiger partial charge < -0.3 is 14.5 Å². The van der Waals surface area contributed by atoms with E-state index in [2.05, 4.69) is 38.2 Å². The standard InChI is InChI=1S/C18H28N6O/c1-22(12-14-5-7-23(8-6-14)9-10-25-2)17-11-16(15-3-4-15)21-24-13-19-20-18(17)24/h11,13-15H,3-10,12H2,1-2H3. The van der Waals surface area contributed by atoms with Crippen LogP contribution in [0.4, 0.5) is 5.69 Å². The maximum absolute atomic E-state index is 5.19. The highest BCUT2D eigenvalue weighted by atomic mass is 16.5. The molecule has 4 rings (SSSR count). The van der Waals surface area contributed by atoms with Gasteiger partial charge in [-0.3, -0.25) is 0 Å². The predicted octanol–water partition coefficient (Wildman–Crippen LogP) is 1.80. The smallest absolute Gasteiger partial charge is 0.200 e. The van der Waals surface area contributed by atoms with Gasteiger partial charge in [-0.1, -0.05) is 0 Å². The zero-order valence-electron chi connectivity index (χ0n) is 15.3. The molecule has 0 amide bonds.